The molecule has 0 aliphatic rings. The summed E-state index contributed by atoms with van der Waals surface area (Å²) in [5, 5.41) is 0.656. The summed E-state index contributed by atoms with van der Waals surface area (Å²) in [6.45, 7) is 2.59. The molecule has 0 aliphatic carbocycles. The first-order chi connectivity index (χ1) is 9.10. The van der Waals surface area contributed by atoms with Crippen LogP contribution >= 0.6 is 27.5 Å². The van der Waals surface area contributed by atoms with Crippen LogP contribution in [0.5, 0.6) is 11.5 Å². The Labute approximate surface area is 126 Å². The van der Waals surface area contributed by atoms with Crippen LogP contribution in [0.15, 0.2) is 40.9 Å². The van der Waals surface area contributed by atoms with Crippen LogP contribution in [-0.2, 0) is 6.42 Å². The van der Waals surface area contributed by atoms with Crippen molar-refractivity contribution in [3.63, 3.8) is 0 Å². The van der Waals surface area contributed by atoms with Gasteiger partial charge in [0.05, 0.1) is 0 Å². The van der Waals surface area contributed by atoms with E-state index in [9.17, 15) is 0 Å². The fourth-order valence-corrected chi connectivity index (χ4v) is 2.29. The molecule has 0 saturated carbocycles. The lowest BCUT2D eigenvalue weighted by Gasteiger charge is -2.13. The molecule has 0 aliphatic heterocycles. The van der Waals surface area contributed by atoms with Gasteiger partial charge in [0.1, 0.15) is 11.5 Å². The van der Waals surface area contributed by atoms with E-state index < -0.39 is 0 Å². The highest BCUT2D eigenvalue weighted by Gasteiger charge is 2.08. The zero-order valence-corrected chi connectivity index (χ0v) is 13.0. The zero-order valence-electron chi connectivity index (χ0n) is 10.6. The van der Waals surface area contributed by atoms with Gasteiger partial charge in [0.25, 0.3) is 0 Å². The molecule has 0 saturated heterocycles. The summed E-state index contributed by atoms with van der Waals surface area (Å²) in [7, 11) is 0. The van der Waals surface area contributed by atoms with Crippen molar-refractivity contribution >= 4 is 27.5 Å². The van der Waals surface area contributed by atoms with Crippen LogP contribution < -0.4 is 10.5 Å². The van der Waals surface area contributed by atoms with Gasteiger partial charge in [-0.25, -0.2) is 0 Å². The Hall–Kier alpha value is -1.03. The Kier molecular flexibility index (Phi) is 4.86. The topological polar surface area (TPSA) is 35.2 Å². The molecule has 0 aromatic heterocycles. The Morgan fingerprint density at radius 2 is 1.95 bits per heavy atom. The summed E-state index contributed by atoms with van der Waals surface area (Å²) in [4.78, 5) is 0. The highest BCUT2D eigenvalue weighted by atomic mass is 79.9. The van der Waals surface area contributed by atoms with E-state index in [0.717, 1.165) is 33.5 Å². The third kappa shape index (κ3) is 3.72. The second-order valence-corrected chi connectivity index (χ2v) is 5.65. The summed E-state index contributed by atoms with van der Waals surface area (Å²) < 4.78 is 6.97. The van der Waals surface area contributed by atoms with E-state index in [1.807, 2.05) is 43.3 Å². The van der Waals surface area contributed by atoms with Crippen LogP contribution in [0.4, 0.5) is 0 Å². The molecule has 2 rings (SSSR count). The molecule has 2 aromatic rings. The molecule has 4 heteroatoms. The van der Waals surface area contributed by atoms with Gasteiger partial charge >= 0.3 is 0 Å². The quantitative estimate of drug-likeness (QED) is 0.875. The Morgan fingerprint density at radius 3 is 2.68 bits per heavy atom. The van der Waals surface area contributed by atoms with Crippen LogP contribution in [0.1, 0.15) is 11.1 Å². The Bertz CT molecular complexity index is 586. The second kappa shape index (κ2) is 6.42. The summed E-state index contributed by atoms with van der Waals surface area (Å²) in [5.74, 6) is 1.58. The van der Waals surface area contributed by atoms with Crippen LogP contribution in [-0.4, -0.2) is 6.54 Å². The molecule has 0 atom stereocenters. The standard InChI is InChI=1S/C15H15BrClNO/c1-10-2-4-12(16)8-14(10)19-15-9-13(17)5-3-11(15)6-7-18/h2-5,8-9H,6-7,18H2,1H3. The highest BCUT2D eigenvalue weighted by molar-refractivity contribution is 9.10. The number of rotatable bonds is 4. The molecule has 0 unspecified atom stereocenters. The predicted octanol–water partition coefficient (Wildman–Crippen LogP) is 4.70. The molecule has 19 heavy (non-hydrogen) atoms. The third-order valence-electron chi connectivity index (χ3n) is 2.81. The first kappa shape index (κ1) is 14.4. The summed E-state index contributed by atoms with van der Waals surface area (Å²) in [6, 6.07) is 11.6. The number of hydrogen-bond acceptors (Lipinski definition) is 2. The molecule has 0 bridgehead atoms. The van der Waals surface area contributed by atoms with Gasteiger partial charge in [0.2, 0.25) is 0 Å². The summed E-state index contributed by atoms with van der Waals surface area (Å²) >= 11 is 9.48. The molecule has 0 spiro atoms. The molecule has 2 nitrogen and oxygen atoms in total. The maximum absolute atomic E-state index is 6.03. The minimum absolute atomic E-state index is 0.579. The SMILES string of the molecule is Cc1ccc(Br)cc1Oc1cc(Cl)ccc1CCN. The average Bonchev–Trinajstić information content (AvgIpc) is 2.37. The van der Waals surface area contributed by atoms with Crippen LogP contribution in [0.3, 0.4) is 0 Å². The fraction of sp³-hybridized carbons (Fsp3) is 0.200. The largest absolute Gasteiger partial charge is 0.457 e. The van der Waals surface area contributed by atoms with E-state index in [0.29, 0.717) is 11.6 Å². The minimum Gasteiger partial charge on any atom is -0.457 e. The van der Waals surface area contributed by atoms with E-state index in [1.54, 1.807) is 0 Å². The normalized spacial score (nSPS) is 10.5. The second-order valence-electron chi connectivity index (χ2n) is 4.30. The van der Waals surface area contributed by atoms with Crippen molar-refractivity contribution in [1.29, 1.82) is 0 Å². The molecule has 100 valence electrons. The van der Waals surface area contributed by atoms with E-state index in [1.165, 1.54) is 0 Å². The Balaban J connectivity index is 2.36. The lowest BCUT2D eigenvalue weighted by Crippen LogP contribution is -2.04. The van der Waals surface area contributed by atoms with E-state index >= 15 is 0 Å². The van der Waals surface area contributed by atoms with Crippen LogP contribution in [0.2, 0.25) is 5.02 Å². The smallest absolute Gasteiger partial charge is 0.132 e. The molecule has 0 amide bonds. The number of halogens is 2. The number of aryl methyl sites for hydroxylation is 1. The van der Waals surface area contributed by atoms with E-state index in [-0.39, 0.29) is 0 Å². The predicted molar refractivity (Wildman–Crippen MR) is 83.2 cm³/mol. The van der Waals surface area contributed by atoms with Gasteiger partial charge in [0.15, 0.2) is 0 Å². The molecule has 2 N–H and O–H groups in total. The lowest BCUT2D eigenvalue weighted by molar-refractivity contribution is 0.472. The van der Waals surface area contributed by atoms with Crippen molar-refractivity contribution in [2.24, 2.45) is 5.73 Å². The molecule has 0 fully saturated rings. The maximum atomic E-state index is 6.03. The van der Waals surface area contributed by atoms with Crippen LogP contribution in [0, 0.1) is 6.92 Å². The van der Waals surface area contributed by atoms with E-state index in [4.69, 9.17) is 22.1 Å². The first-order valence-corrected chi connectivity index (χ1v) is 7.20. The lowest BCUT2D eigenvalue weighted by atomic mass is 10.1. The van der Waals surface area contributed by atoms with Gasteiger partial charge in [-0.1, -0.05) is 39.7 Å². The maximum Gasteiger partial charge on any atom is 0.132 e. The first-order valence-electron chi connectivity index (χ1n) is 6.02. The Morgan fingerprint density at radius 1 is 1.16 bits per heavy atom. The van der Waals surface area contributed by atoms with Gasteiger partial charge in [-0.3, -0.25) is 0 Å². The van der Waals surface area contributed by atoms with Crippen molar-refractivity contribution in [1.82, 2.24) is 0 Å². The number of nitrogens with two attached hydrogens (primary N) is 1. The molecule has 2 aromatic carbocycles. The summed E-state index contributed by atoms with van der Waals surface area (Å²) in [6.07, 6.45) is 0.763. The van der Waals surface area contributed by atoms with Crippen molar-refractivity contribution < 1.29 is 4.74 Å². The summed E-state index contributed by atoms with van der Waals surface area (Å²) in [5.41, 5.74) is 7.75. The number of ether oxygens (including phenoxy) is 1. The molecule has 0 heterocycles. The van der Waals surface area contributed by atoms with Crippen LogP contribution in [0.25, 0.3) is 0 Å². The van der Waals surface area contributed by atoms with Crippen molar-refractivity contribution in [2.75, 3.05) is 6.54 Å². The molecular formula is C15H15BrClNO. The molecular weight excluding hydrogens is 326 g/mol. The fourth-order valence-electron chi connectivity index (χ4n) is 1.79. The molecule has 0 radical (unpaired) electrons. The van der Waals surface area contributed by atoms with Gasteiger partial charge in [-0.05, 0) is 55.3 Å². The van der Waals surface area contributed by atoms with Crippen molar-refractivity contribution in [2.45, 2.75) is 13.3 Å². The van der Waals surface area contributed by atoms with Gasteiger partial charge < -0.3 is 10.5 Å². The van der Waals surface area contributed by atoms with Crippen molar-refractivity contribution in [3.05, 3.63) is 57.0 Å². The zero-order chi connectivity index (χ0) is 13.8. The van der Waals surface area contributed by atoms with E-state index in [2.05, 4.69) is 15.9 Å². The van der Waals surface area contributed by atoms with Gasteiger partial charge in [-0.2, -0.15) is 0 Å². The number of hydrogen-bond donors (Lipinski definition) is 1. The third-order valence-corrected chi connectivity index (χ3v) is 3.54. The highest BCUT2D eigenvalue weighted by Crippen LogP contribution is 2.32. The van der Waals surface area contributed by atoms with Gasteiger partial charge in [0, 0.05) is 9.50 Å². The number of benzene rings is 2. The minimum atomic E-state index is 0.579. The average molecular weight is 341 g/mol. The van der Waals surface area contributed by atoms with Crippen molar-refractivity contribution in [3.8, 4) is 11.5 Å². The van der Waals surface area contributed by atoms with Gasteiger partial charge in [-0.15, -0.1) is 0 Å². The monoisotopic (exact) mass is 339 g/mol.